The molecule has 0 bridgehead atoms. The van der Waals surface area contributed by atoms with E-state index in [2.05, 4.69) is 9.97 Å². The lowest BCUT2D eigenvalue weighted by Crippen LogP contribution is -2.36. The minimum absolute atomic E-state index is 0.0293. The van der Waals surface area contributed by atoms with Crippen molar-refractivity contribution in [2.75, 3.05) is 11.4 Å². The molecule has 0 saturated carbocycles. The lowest BCUT2D eigenvalue weighted by atomic mass is 10.2. The SMILES string of the molecule is CC(C)Oc1cc(N2CCCC2C(=O)O)ncn1. The van der Waals surface area contributed by atoms with Crippen LogP contribution in [-0.2, 0) is 4.79 Å². The number of hydrogen-bond acceptors (Lipinski definition) is 5. The van der Waals surface area contributed by atoms with E-state index < -0.39 is 12.0 Å². The van der Waals surface area contributed by atoms with Crippen molar-refractivity contribution in [2.24, 2.45) is 0 Å². The van der Waals surface area contributed by atoms with Crippen LogP contribution in [0.15, 0.2) is 12.4 Å². The van der Waals surface area contributed by atoms with E-state index in [0.717, 1.165) is 6.42 Å². The van der Waals surface area contributed by atoms with Crippen molar-refractivity contribution in [3.05, 3.63) is 12.4 Å². The van der Waals surface area contributed by atoms with Gasteiger partial charge >= 0.3 is 5.97 Å². The molecule has 6 heteroatoms. The number of carbonyl (C=O) groups is 1. The molecule has 18 heavy (non-hydrogen) atoms. The number of rotatable bonds is 4. The summed E-state index contributed by atoms with van der Waals surface area (Å²) in [7, 11) is 0. The van der Waals surface area contributed by atoms with Crippen molar-refractivity contribution in [3.63, 3.8) is 0 Å². The average Bonchev–Trinajstić information content (AvgIpc) is 2.77. The summed E-state index contributed by atoms with van der Waals surface area (Å²) < 4.78 is 5.48. The van der Waals surface area contributed by atoms with E-state index in [1.165, 1.54) is 6.33 Å². The Morgan fingerprint density at radius 3 is 3.00 bits per heavy atom. The van der Waals surface area contributed by atoms with Crippen LogP contribution in [0.4, 0.5) is 5.82 Å². The van der Waals surface area contributed by atoms with Gasteiger partial charge in [0.25, 0.3) is 0 Å². The van der Waals surface area contributed by atoms with Gasteiger partial charge in [0.2, 0.25) is 5.88 Å². The van der Waals surface area contributed by atoms with Crippen molar-refractivity contribution >= 4 is 11.8 Å². The first kappa shape index (κ1) is 12.6. The van der Waals surface area contributed by atoms with Crippen molar-refractivity contribution < 1.29 is 14.6 Å². The largest absolute Gasteiger partial charge is 0.480 e. The number of ether oxygens (including phenoxy) is 1. The highest BCUT2D eigenvalue weighted by Gasteiger charge is 2.31. The van der Waals surface area contributed by atoms with Crippen molar-refractivity contribution in [2.45, 2.75) is 38.8 Å². The van der Waals surface area contributed by atoms with E-state index in [9.17, 15) is 4.79 Å². The predicted octanol–water partition coefficient (Wildman–Crippen LogP) is 1.32. The van der Waals surface area contributed by atoms with Crippen LogP contribution in [0.2, 0.25) is 0 Å². The van der Waals surface area contributed by atoms with Gasteiger partial charge in [0, 0.05) is 12.6 Å². The van der Waals surface area contributed by atoms with Gasteiger partial charge < -0.3 is 14.7 Å². The number of anilines is 1. The fourth-order valence-corrected chi connectivity index (χ4v) is 2.09. The Balaban J connectivity index is 2.19. The Morgan fingerprint density at radius 2 is 2.33 bits per heavy atom. The minimum atomic E-state index is -0.808. The van der Waals surface area contributed by atoms with Gasteiger partial charge in [0.05, 0.1) is 6.10 Å². The molecule has 1 unspecified atom stereocenters. The maximum atomic E-state index is 11.1. The molecule has 0 aliphatic carbocycles. The van der Waals surface area contributed by atoms with E-state index in [1.54, 1.807) is 11.0 Å². The van der Waals surface area contributed by atoms with Gasteiger partial charge in [-0.3, -0.25) is 0 Å². The smallest absolute Gasteiger partial charge is 0.326 e. The molecule has 1 aromatic heterocycles. The summed E-state index contributed by atoms with van der Waals surface area (Å²) in [5.41, 5.74) is 0. The van der Waals surface area contributed by atoms with Crippen LogP contribution in [0.25, 0.3) is 0 Å². The van der Waals surface area contributed by atoms with Gasteiger partial charge in [-0.2, -0.15) is 0 Å². The molecular weight excluding hydrogens is 234 g/mol. The molecule has 1 aliphatic rings. The lowest BCUT2D eigenvalue weighted by molar-refractivity contribution is -0.138. The monoisotopic (exact) mass is 251 g/mol. The quantitative estimate of drug-likeness (QED) is 0.869. The average molecular weight is 251 g/mol. The molecule has 1 saturated heterocycles. The number of aliphatic carboxylic acids is 1. The van der Waals surface area contributed by atoms with Gasteiger partial charge in [-0.1, -0.05) is 0 Å². The standard InChI is InChI=1S/C12H17N3O3/c1-8(2)18-11-6-10(13-7-14-11)15-5-3-4-9(15)12(16)17/h6-9H,3-5H2,1-2H3,(H,16,17). The van der Waals surface area contributed by atoms with Gasteiger partial charge in [-0.05, 0) is 26.7 Å². The van der Waals surface area contributed by atoms with E-state index in [0.29, 0.717) is 24.7 Å². The molecule has 2 rings (SSSR count). The summed E-state index contributed by atoms with van der Waals surface area (Å²) in [6.07, 6.45) is 2.95. The molecular formula is C12H17N3O3. The topological polar surface area (TPSA) is 75.5 Å². The van der Waals surface area contributed by atoms with E-state index in [4.69, 9.17) is 9.84 Å². The molecule has 0 aromatic carbocycles. The number of aromatic nitrogens is 2. The summed E-state index contributed by atoms with van der Waals surface area (Å²) >= 11 is 0. The van der Waals surface area contributed by atoms with Crippen molar-refractivity contribution in [3.8, 4) is 5.88 Å². The molecule has 2 heterocycles. The minimum Gasteiger partial charge on any atom is -0.480 e. The van der Waals surface area contributed by atoms with Gasteiger partial charge in [0.1, 0.15) is 18.2 Å². The fourth-order valence-electron chi connectivity index (χ4n) is 2.09. The van der Waals surface area contributed by atoms with Crippen molar-refractivity contribution in [1.29, 1.82) is 0 Å². The van der Waals surface area contributed by atoms with Crippen LogP contribution in [0.5, 0.6) is 5.88 Å². The molecule has 6 nitrogen and oxygen atoms in total. The summed E-state index contributed by atoms with van der Waals surface area (Å²) in [6.45, 7) is 4.53. The first-order valence-corrected chi connectivity index (χ1v) is 6.06. The molecule has 0 radical (unpaired) electrons. The number of nitrogens with zero attached hydrogens (tertiary/aromatic N) is 3. The molecule has 1 aromatic rings. The molecule has 1 fully saturated rings. The van der Waals surface area contributed by atoms with Crippen LogP contribution in [0.3, 0.4) is 0 Å². The van der Waals surface area contributed by atoms with E-state index in [1.807, 2.05) is 13.8 Å². The second-order valence-corrected chi connectivity index (χ2v) is 4.57. The maximum absolute atomic E-state index is 11.1. The molecule has 0 amide bonds. The van der Waals surface area contributed by atoms with E-state index >= 15 is 0 Å². The van der Waals surface area contributed by atoms with Crippen molar-refractivity contribution in [1.82, 2.24) is 9.97 Å². The van der Waals surface area contributed by atoms with Gasteiger partial charge in [-0.15, -0.1) is 0 Å². The summed E-state index contributed by atoms with van der Waals surface area (Å²) in [6, 6.07) is 1.20. The Morgan fingerprint density at radius 1 is 1.56 bits per heavy atom. The molecule has 1 N–H and O–H groups in total. The Kier molecular flexibility index (Phi) is 3.64. The molecule has 1 atom stereocenters. The van der Waals surface area contributed by atoms with Crippen LogP contribution in [0, 0.1) is 0 Å². The first-order chi connectivity index (χ1) is 8.58. The Hall–Kier alpha value is -1.85. The third-order valence-electron chi connectivity index (χ3n) is 2.82. The van der Waals surface area contributed by atoms with Crippen LogP contribution < -0.4 is 9.64 Å². The second-order valence-electron chi connectivity index (χ2n) is 4.57. The lowest BCUT2D eigenvalue weighted by Gasteiger charge is -2.22. The number of carboxylic acids is 1. The maximum Gasteiger partial charge on any atom is 0.326 e. The summed E-state index contributed by atoms with van der Waals surface area (Å²) in [5.74, 6) is 0.286. The fraction of sp³-hybridized carbons (Fsp3) is 0.583. The van der Waals surface area contributed by atoms with Gasteiger partial charge in [0.15, 0.2) is 0 Å². The highest BCUT2D eigenvalue weighted by molar-refractivity contribution is 5.78. The second kappa shape index (κ2) is 5.20. The molecule has 1 aliphatic heterocycles. The highest BCUT2D eigenvalue weighted by atomic mass is 16.5. The Bertz CT molecular complexity index is 436. The van der Waals surface area contributed by atoms with Crippen LogP contribution in [0.1, 0.15) is 26.7 Å². The zero-order valence-electron chi connectivity index (χ0n) is 10.5. The predicted molar refractivity (Wildman–Crippen MR) is 65.8 cm³/mol. The summed E-state index contributed by atoms with van der Waals surface area (Å²) in [4.78, 5) is 21.1. The third kappa shape index (κ3) is 2.69. The summed E-state index contributed by atoms with van der Waals surface area (Å²) in [5, 5.41) is 9.14. The number of carboxylic acid groups (broad SMARTS) is 1. The zero-order chi connectivity index (χ0) is 13.1. The normalized spacial score (nSPS) is 19.3. The zero-order valence-corrected chi connectivity index (χ0v) is 10.5. The molecule has 0 spiro atoms. The molecule has 98 valence electrons. The number of hydrogen-bond donors (Lipinski definition) is 1. The first-order valence-electron chi connectivity index (χ1n) is 6.06. The highest BCUT2D eigenvalue weighted by Crippen LogP contribution is 2.25. The Labute approximate surface area is 106 Å². The third-order valence-corrected chi connectivity index (χ3v) is 2.82. The van der Waals surface area contributed by atoms with E-state index in [-0.39, 0.29) is 6.10 Å². The van der Waals surface area contributed by atoms with Crippen LogP contribution in [-0.4, -0.2) is 39.7 Å². The van der Waals surface area contributed by atoms with Gasteiger partial charge in [-0.25, -0.2) is 14.8 Å². The van der Waals surface area contributed by atoms with Crippen LogP contribution >= 0.6 is 0 Å².